The molecule has 13 heteroatoms. The molecule has 0 saturated heterocycles. The second kappa shape index (κ2) is 12.8. The highest BCUT2D eigenvalue weighted by Gasteiger charge is 2.20. The number of benzene rings is 2. The van der Waals surface area contributed by atoms with Crippen LogP contribution in [0.2, 0.25) is 5.02 Å². The lowest BCUT2D eigenvalue weighted by molar-refractivity contribution is 0.202. The second-order valence-electron chi connectivity index (χ2n) is 7.53. The predicted molar refractivity (Wildman–Crippen MR) is 144 cm³/mol. The largest absolute Gasteiger partial charge is 0.473 e. The molecule has 0 atom stereocenters. The predicted octanol–water partition coefficient (Wildman–Crippen LogP) is 4.30. The van der Waals surface area contributed by atoms with Crippen LogP contribution in [0, 0.1) is 0 Å². The van der Waals surface area contributed by atoms with Gasteiger partial charge < -0.3 is 9.47 Å². The molecule has 0 aliphatic heterocycles. The quantitative estimate of drug-likeness (QED) is 0.229. The Morgan fingerprint density at radius 2 is 1.59 bits per heavy atom. The Morgan fingerprint density at radius 1 is 0.892 bits per heavy atom. The zero-order valence-electron chi connectivity index (χ0n) is 19.3. The number of halogens is 2. The van der Waals surface area contributed by atoms with Gasteiger partial charge in [-0.3, -0.25) is 4.72 Å². The average Bonchev–Trinajstić information content (AvgIpc) is 2.89. The summed E-state index contributed by atoms with van der Waals surface area (Å²) < 4.78 is 42.7. The van der Waals surface area contributed by atoms with Gasteiger partial charge in [0.25, 0.3) is 10.2 Å². The molecule has 0 amide bonds. The number of hydrogen-bond acceptors (Lipinski definition) is 8. The molecule has 0 bridgehead atoms. The van der Waals surface area contributed by atoms with Crippen molar-refractivity contribution in [2.75, 3.05) is 24.5 Å². The van der Waals surface area contributed by atoms with Gasteiger partial charge in [0.05, 0.1) is 10.0 Å². The highest BCUT2D eigenvalue weighted by molar-refractivity contribution is 9.10. The van der Waals surface area contributed by atoms with Crippen molar-refractivity contribution in [3.05, 3.63) is 88.4 Å². The van der Waals surface area contributed by atoms with E-state index in [9.17, 15) is 8.42 Å². The van der Waals surface area contributed by atoms with E-state index in [0.717, 1.165) is 10.0 Å². The van der Waals surface area contributed by atoms with Crippen LogP contribution in [0.1, 0.15) is 5.56 Å². The fourth-order valence-electron chi connectivity index (χ4n) is 3.22. The van der Waals surface area contributed by atoms with Gasteiger partial charge in [0.15, 0.2) is 5.82 Å². The summed E-state index contributed by atoms with van der Waals surface area (Å²) in [6.07, 6.45) is 4.89. The molecule has 0 aliphatic carbocycles. The van der Waals surface area contributed by atoms with Gasteiger partial charge >= 0.3 is 6.01 Å². The second-order valence-corrected chi connectivity index (χ2v) is 10.4. The monoisotopic (exact) mass is 604 g/mol. The Balaban J connectivity index is 1.48. The SMILES string of the molecule is O=S(=O)(NCCc1ccccc1)Nc1ncnc(OCCOc2ncc(Br)cn2)c1-c1ccc(Cl)cc1. The van der Waals surface area contributed by atoms with Gasteiger partial charge in [-0.05, 0) is 45.6 Å². The minimum atomic E-state index is -3.94. The third-order valence-electron chi connectivity index (χ3n) is 4.87. The minimum Gasteiger partial charge on any atom is -0.473 e. The summed E-state index contributed by atoms with van der Waals surface area (Å²) in [6.45, 7) is 0.436. The van der Waals surface area contributed by atoms with E-state index in [-0.39, 0.29) is 37.5 Å². The molecule has 0 saturated carbocycles. The van der Waals surface area contributed by atoms with Gasteiger partial charge in [-0.25, -0.2) is 19.9 Å². The van der Waals surface area contributed by atoms with Crippen LogP contribution in [0.3, 0.4) is 0 Å². The van der Waals surface area contributed by atoms with Gasteiger partial charge in [-0.15, -0.1) is 0 Å². The topological polar surface area (TPSA) is 128 Å². The molecule has 4 rings (SSSR count). The standard InChI is InChI=1S/C24H22BrClN6O4S/c25-19-14-27-24(28-15-19)36-13-12-35-23-21(18-6-8-20(26)9-7-18)22(29-16-30-23)32-37(33,34)31-11-10-17-4-2-1-3-5-17/h1-9,14-16,31H,10-13H2,(H,29,30,32). The van der Waals surface area contributed by atoms with E-state index in [2.05, 4.69) is 45.3 Å². The molecule has 2 aromatic carbocycles. The van der Waals surface area contributed by atoms with E-state index in [1.54, 1.807) is 36.7 Å². The fraction of sp³-hybridized carbons (Fsp3) is 0.167. The van der Waals surface area contributed by atoms with Crippen molar-refractivity contribution in [3.63, 3.8) is 0 Å². The maximum Gasteiger partial charge on any atom is 0.316 e. The number of nitrogens with one attached hydrogen (secondary N) is 2. The molecular formula is C24H22BrClN6O4S. The van der Waals surface area contributed by atoms with Gasteiger partial charge in [-0.1, -0.05) is 54.1 Å². The van der Waals surface area contributed by atoms with Crippen molar-refractivity contribution in [2.24, 2.45) is 0 Å². The van der Waals surface area contributed by atoms with E-state index < -0.39 is 10.2 Å². The van der Waals surface area contributed by atoms with Crippen LogP contribution in [0.25, 0.3) is 11.1 Å². The molecule has 0 spiro atoms. The molecule has 37 heavy (non-hydrogen) atoms. The van der Waals surface area contributed by atoms with Crippen LogP contribution >= 0.6 is 27.5 Å². The summed E-state index contributed by atoms with van der Waals surface area (Å²) in [4.78, 5) is 16.4. The molecule has 10 nitrogen and oxygen atoms in total. The maximum absolute atomic E-state index is 12.8. The summed E-state index contributed by atoms with van der Waals surface area (Å²) >= 11 is 9.31. The van der Waals surface area contributed by atoms with Crippen LogP contribution in [-0.4, -0.2) is 48.1 Å². The zero-order chi connectivity index (χ0) is 26.1. The first kappa shape index (κ1) is 26.7. The molecule has 4 aromatic rings. The van der Waals surface area contributed by atoms with Crippen molar-refractivity contribution >= 4 is 43.6 Å². The molecule has 0 radical (unpaired) electrons. The van der Waals surface area contributed by atoms with Gasteiger partial charge in [0, 0.05) is 24.0 Å². The number of ether oxygens (including phenoxy) is 2. The fourth-order valence-corrected chi connectivity index (χ4v) is 4.40. The third kappa shape index (κ3) is 8.09. The molecule has 0 unspecified atom stereocenters. The Morgan fingerprint density at radius 3 is 2.32 bits per heavy atom. The van der Waals surface area contributed by atoms with Crippen LogP contribution in [0.15, 0.2) is 77.8 Å². The highest BCUT2D eigenvalue weighted by Crippen LogP contribution is 2.34. The van der Waals surface area contributed by atoms with E-state index >= 15 is 0 Å². The summed E-state index contributed by atoms with van der Waals surface area (Å²) in [7, 11) is -3.94. The number of rotatable bonds is 12. The number of nitrogens with zero attached hydrogens (tertiary/aromatic N) is 4. The maximum atomic E-state index is 12.8. The summed E-state index contributed by atoms with van der Waals surface area (Å²) in [5.74, 6) is 0.219. The van der Waals surface area contributed by atoms with E-state index in [4.69, 9.17) is 21.1 Å². The normalized spacial score (nSPS) is 11.2. The Kier molecular flexibility index (Phi) is 9.23. The van der Waals surface area contributed by atoms with Gasteiger partial charge in [0.2, 0.25) is 5.88 Å². The van der Waals surface area contributed by atoms with Crippen LogP contribution in [0.4, 0.5) is 5.82 Å². The lowest BCUT2D eigenvalue weighted by Crippen LogP contribution is -2.32. The first-order valence-electron chi connectivity index (χ1n) is 11.0. The van der Waals surface area contributed by atoms with Crippen molar-refractivity contribution in [1.82, 2.24) is 24.7 Å². The van der Waals surface area contributed by atoms with Gasteiger partial charge in [-0.2, -0.15) is 13.1 Å². The molecule has 0 fully saturated rings. The first-order chi connectivity index (χ1) is 17.9. The molecule has 192 valence electrons. The molecule has 2 heterocycles. The summed E-state index contributed by atoms with van der Waals surface area (Å²) in [5, 5.41) is 0.524. The third-order valence-corrected chi connectivity index (χ3v) is 6.58. The Labute approximate surface area is 227 Å². The van der Waals surface area contributed by atoms with E-state index in [0.29, 0.717) is 22.6 Å². The number of anilines is 1. The average molecular weight is 606 g/mol. The van der Waals surface area contributed by atoms with Crippen molar-refractivity contribution in [1.29, 1.82) is 0 Å². The molecule has 2 N–H and O–H groups in total. The lowest BCUT2D eigenvalue weighted by Gasteiger charge is -2.16. The molecule has 2 aromatic heterocycles. The van der Waals surface area contributed by atoms with Crippen molar-refractivity contribution in [2.45, 2.75) is 6.42 Å². The van der Waals surface area contributed by atoms with Gasteiger partial charge in [0.1, 0.15) is 19.5 Å². The first-order valence-corrected chi connectivity index (χ1v) is 13.7. The zero-order valence-corrected chi connectivity index (χ0v) is 22.5. The van der Waals surface area contributed by atoms with Crippen LogP contribution in [-0.2, 0) is 16.6 Å². The van der Waals surface area contributed by atoms with Crippen molar-refractivity contribution in [3.8, 4) is 23.0 Å². The Hall–Kier alpha value is -3.32. The summed E-state index contributed by atoms with van der Waals surface area (Å²) in [6, 6.07) is 16.6. The smallest absolute Gasteiger partial charge is 0.316 e. The number of aromatic nitrogens is 4. The minimum absolute atomic E-state index is 0.0525. The lowest BCUT2D eigenvalue weighted by atomic mass is 10.1. The van der Waals surface area contributed by atoms with Crippen molar-refractivity contribution < 1.29 is 17.9 Å². The van der Waals surface area contributed by atoms with Crippen LogP contribution < -0.4 is 18.9 Å². The highest BCUT2D eigenvalue weighted by atomic mass is 79.9. The summed E-state index contributed by atoms with van der Waals surface area (Å²) in [5.41, 5.74) is 1.98. The number of hydrogen-bond donors (Lipinski definition) is 2. The Bertz CT molecular complexity index is 1410. The van der Waals surface area contributed by atoms with Crippen LogP contribution in [0.5, 0.6) is 11.9 Å². The van der Waals surface area contributed by atoms with E-state index in [1.807, 2.05) is 30.3 Å². The molecular weight excluding hydrogens is 584 g/mol. The molecule has 0 aliphatic rings. The van der Waals surface area contributed by atoms with E-state index in [1.165, 1.54) is 6.33 Å².